The zero-order valence-electron chi connectivity index (χ0n) is 11.3. The average Bonchev–Trinajstić information content (AvgIpc) is 2.45. The van der Waals surface area contributed by atoms with Gasteiger partial charge in [0, 0.05) is 11.6 Å². The molecule has 0 fully saturated rings. The maximum atomic E-state index is 13.0. The zero-order chi connectivity index (χ0) is 17.4. The van der Waals surface area contributed by atoms with Crippen molar-refractivity contribution < 1.29 is 32.5 Å². The number of fused-ring (bicyclic) bond motifs is 1. The molecule has 1 heterocycles. The van der Waals surface area contributed by atoms with Crippen LogP contribution in [0.1, 0.15) is 5.56 Å². The second-order valence-electron chi connectivity index (χ2n) is 4.46. The van der Waals surface area contributed by atoms with Gasteiger partial charge in [0.15, 0.2) is 5.75 Å². The summed E-state index contributed by atoms with van der Waals surface area (Å²) in [7, 11) is 0. The smallest absolute Gasteiger partial charge is 0.430 e. The normalized spacial score (nSPS) is 16.9. The van der Waals surface area contributed by atoms with E-state index in [1.807, 2.05) is 0 Å². The Balaban J connectivity index is 2.60. The monoisotopic (exact) mass is 368 g/mol. The third-order valence-corrected chi connectivity index (χ3v) is 3.55. The Hall–Kier alpha value is -1.86. The minimum Gasteiger partial charge on any atom is -0.486 e. The molecule has 0 saturated carbocycles. The van der Waals surface area contributed by atoms with E-state index in [0.717, 1.165) is 12.1 Å². The summed E-state index contributed by atoms with van der Waals surface area (Å²) in [5, 5.41) is 8.78. The summed E-state index contributed by atoms with van der Waals surface area (Å²) >= 11 is 12.0. The van der Waals surface area contributed by atoms with E-state index in [0.29, 0.717) is 0 Å². The molecule has 4 nitrogen and oxygen atoms in total. The fourth-order valence-electron chi connectivity index (χ4n) is 1.94. The number of hydrogen-bond acceptors (Lipinski definition) is 3. The van der Waals surface area contributed by atoms with Crippen molar-refractivity contribution in [1.82, 2.24) is 0 Å². The fourth-order valence-corrected chi connectivity index (χ4v) is 2.54. The van der Waals surface area contributed by atoms with Gasteiger partial charge >= 0.3 is 12.1 Å². The standard InChI is InChI=1S/C14H9Cl2F3O4/c1-2-3-22-11-8(15)5-9-6(10(11)16)4-7(13(20)21)12(23-9)14(17,18)19/h2,4-5,12H,1,3H2,(H,20,21)/t12-/m1/s1. The highest BCUT2D eigenvalue weighted by Gasteiger charge is 2.48. The van der Waals surface area contributed by atoms with Gasteiger partial charge in [0.05, 0.1) is 15.6 Å². The first kappa shape index (κ1) is 17.5. The van der Waals surface area contributed by atoms with E-state index in [9.17, 15) is 18.0 Å². The Bertz CT molecular complexity index is 698. The van der Waals surface area contributed by atoms with Crippen molar-refractivity contribution in [3.8, 4) is 11.5 Å². The lowest BCUT2D eigenvalue weighted by Gasteiger charge is -2.28. The van der Waals surface area contributed by atoms with Crippen molar-refractivity contribution in [2.45, 2.75) is 12.3 Å². The van der Waals surface area contributed by atoms with Crippen LogP contribution in [0.25, 0.3) is 6.08 Å². The largest absolute Gasteiger partial charge is 0.486 e. The molecular formula is C14H9Cl2F3O4. The van der Waals surface area contributed by atoms with Gasteiger partial charge in [-0.3, -0.25) is 0 Å². The van der Waals surface area contributed by atoms with Crippen molar-refractivity contribution in [3.63, 3.8) is 0 Å². The molecule has 1 atom stereocenters. The molecule has 0 aliphatic carbocycles. The first-order valence-corrected chi connectivity index (χ1v) is 6.86. The Labute approximate surface area is 138 Å². The molecule has 0 saturated heterocycles. The first-order valence-electron chi connectivity index (χ1n) is 6.10. The molecule has 0 bridgehead atoms. The number of carboxylic acid groups (broad SMARTS) is 1. The Morgan fingerprint density at radius 1 is 1.48 bits per heavy atom. The van der Waals surface area contributed by atoms with E-state index in [1.54, 1.807) is 0 Å². The molecule has 0 amide bonds. The van der Waals surface area contributed by atoms with Crippen LogP contribution in [-0.2, 0) is 4.79 Å². The third-order valence-electron chi connectivity index (χ3n) is 2.89. The number of alkyl halides is 3. The highest BCUT2D eigenvalue weighted by molar-refractivity contribution is 6.38. The lowest BCUT2D eigenvalue weighted by molar-refractivity contribution is -0.187. The summed E-state index contributed by atoms with van der Waals surface area (Å²) in [6, 6.07) is 1.09. The number of carbonyl (C=O) groups is 1. The van der Waals surface area contributed by atoms with Gasteiger partial charge in [-0.1, -0.05) is 35.9 Å². The van der Waals surface area contributed by atoms with E-state index < -0.39 is 23.8 Å². The van der Waals surface area contributed by atoms with E-state index in [1.165, 1.54) is 6.08 Å². The van der Waals surface area contributed by atoms with Crippen LogP contribution in [0, 0.1) is 0 Å². The molecule has 1 aromatic rings. The van der Waals surface area contributed by atoms with Gasteiger partial charge in [0.25, 0.3) is 0 Å². The van der Waals surface area contributed by atoms with Crippen LogP contribution in [0.4, 0.5) is 13.2 Å². The minimum absolute atomic E-state index is 0.00188. The molecule has 2 rings (SSSR count). The molecule has 23 heavy (non-hydrogen) atoms. The molecule has 0 spiro atoms. The summed E-state index contributed by atoms with van der Waals surface area (Å²) in [6.45, 7) is 3.50. The quantitative estimate of drug-likeness (QED) is 0.802. The number of aliphatic carboxylic acids is 1. The van der Waals surface area contributed by atoms with Gasteiger partial charge in [-0.15, -0.1) is 0 Å². The SMILES string of the molecule is C=CCOc1c(Cl)cc2c(c1Cl)C=C(C(=O)O)[C@H](C(F)(F)F)O2. The number of hydrogen-bond donors (Lipinski definition) is 1. The first-order chi connectivity index (χ1) is 10.7. The highest BCUT2D eigenvalue weighted by Crippen LogP contribution is 2.46. The molecule has 0 radical (unpaired) electrons. The number of ether oxygens (including phenoxy) is 2. The van der Waals surface area contributed by atoms with Crippen LogP contribution in [0.2, 0.25) is 10.0 Å². The summed E-state index contributed by atoms with van der Waals surface area (Å²) < 4.78 is 48.9. The molecule has 9 heteroatoms. The number of halogens is 5. The van der Waals surface area contributed by atoms with Crippen LogP contribution in [0.15, 0.2) is 24.3 Å². The van der Waals surface area contributed by atoms with Crippen LogP contribution in [0.5, 0.6) is 11.5 Å². The van der Waals surface area contributed by atoms with Gasteiger partial charge in [-0.2, -0.15) is 13.2 Å². The van der Waals surface area contributed by atoms with Gasteiger partial charge in [0.1, 0.15) is 12.4 Å². The maximum absolute atomic E-state index is 13.0. The molecule has 0 unspecified atom stereocenters. The van der Waals surface area contributed by atoms with Crippen LogP contribution in [-0.4, -0.2) is 30.0 Å². The zero-order valence-corrected chi connectivity index (χ0v) is 12.8. The van der Waals surface area contributed by atoms with E-state index >= 15 is 0 Å². The Morgan fingerprint density at radius 3 is 2.65 bits per heavy atom. The summed E-state index contributed by atoms with van der Waals surface area (Å²) in [5.41, 5.74) is -1.03. The van der Waals surface area contributed by atoms with Crippen LogP contribution in [0.3, 0.4) is 0 Å². The van der Waals surface area contributed by atoms with Crippen molar-refractivity contribution in [3.05, 3.63) is 39.9 Å². The van der Waals surface area contributed by atoms with E-state index in [4.69, 9.17) is 37.8 Å². The molecule has 1 aromatic carbocycles. The molecule has 1 N–H and O–H groups in total. The van der Waals surface area contributed by atoms with Gasteiger partial charge in [-0.05, 0) is 6.08 Å². The number of carboxylic acids is 1. The number of benzene rings is 1. The topological polar surface area (TPSA) is 55.8 Å². The second-order valence-corrected chi connectivity index (χ2v) is 5.24. The average molecular weight is 369 g/mol. The highest BCUT2D eigenvalue weighted by atomic mass is 35.5. The summed E-state index contributed by atoms with van der Waals surface area (Å²) in [6.07, 6.45) is -5.29. The van der Waals surface area contributed by atoms with E-state index in [2.05, 4.69) is 6.58 Å². The van der Waals surface area contributed by atoms with Gasteiger partial charge < -0.3 is 14.6 Å². The predicted octanol–water partition coefficient (Wildman–Crippen LogP) is 4.35. The molecule has 1 aliphatic rings. The fraction of sp³-hybridized carbons (Fsp3) is 0.214. The molecular weight excluding hydrogens is 360 g/mol. The van der Waals surface area contributed by atoms with Crippen LogP contribution >= 0.6 is 23.2 Å². The predicted molar refractivity (Wildman–Crippen MR) is 78.2 cm³/mol. The molecule has 1 aliphatic heterocycles. The van der Waals surface area contributed by atoms with Crippen molar-refractivity contribution in [2.24, 2.45) is 0 Å². The number of rotatable bonds is 4. The second kappa shape index (κ2) is 6.33. The van der Waals surface area contributed by atoms with Gasteiger partial charge in [-0.25, -0.2) is 4.79 Å². The lowest BCUT2D eigenvalue weighted by atomic mass is 10.0. The minimum atomic E-state index is -4.90. The Kier molecular flexibility index (Phi) is 4.81. The van der Waals surface area contributed by atoms with E-state index in [-0.39, 0.29) is 33.7 Å². The van der Waals surface area contributed by atoms with Crippen molar-refractivity contribution in [1.29, 1.82) is 0 Å². The molecule has 0 aromatic heterocycles. The lowest BCUT2D eigenvalue weighted by Crippen LogP contribution is -2.40. The Morgan fingerprint density at radius 2 is 2.13 bits per heavy atom. The summed E-state index contributed by atoms with van der Waals surface area (Å²) in [4.78, 5) is 11.1. The van der Waals surface area contributed by atoms with Gasteiger partial charge in [0.2, 0.25) is 6.10 Å². The van der Waals surface area contributed by atoms with Crippen LogP contribution < -0.4 is 9.47 Å². The maximum Gasteiger partial charge on any atom is 0.430 e. The summed E-state index contributed by atoms with van der Waals surface area (Å²) in [5.74, 6) is -2.04. The third kappa shape index (κ3) is 3.40. The molecule has 124 valence electrons. The van der Waals surface area contributed by atoms with Crippen molar-refractivity contribution in [2.75, 3.05) is 6.61 Å². The van der Waals surface area contributed by atoms with Crippen molar-refractivity contribution >= 4 is 35.2 Å².